The molecule has 0 aliphatic rings. The maximum absolute atomic E-state index is 12.1. The lowest BCUT2D eigenvalue weighted by Gasteiger charge is -2.08. The lowest BCUT2D eigenvalue weighted by atomic mass is 10.1. The van der Waals surface area contributed by atoms with Gasteiger partial charge >= 0.3 is 0 Å². The first-order valence-corrected chi connectivity index (χ1v) is 6.72. The lowest BCUT2D eigenvalue weighted by Crippen LogP contribution is -2.12. The number of nitrogens with one attached hydrogen (secondary N) is 1. The molecule has 2 aromatic rings. The molecule has 0 saturated carbocycles. The zero-order valence-electron chi connectivity index (χ0n) is 11.0. The third-order valence-electron chi connectivity index (χ3n) is 2.87. The molecule has 7 heteroatoms. The Hall–Kier alpha value is -2.41. The summed E-state index contributed by atoms with van der Waals surface area (Å²) < 4.78 is 0.795. The second kappa shape index (κ2) is 5.92. The summed E-state index contributed by atoms with van der Waals surface area (Å²) in [4.78, 5) is 22.0. The molecule has 0 spiro atoms. The molecule has 2 N–H and O–H groups in total. The van der Waals surface area contributed by atoms with Crippen molar-refractivity contribution < 1.29 is 14.8 Å². The van der Waals surface area contributed by atoms with E-state index < -0.39 is 10.8 Å². The second-order valence-corrected chi connectivity index (χ2v) is 5.23. The molecule has 0 radical (unpaired) electrons. The monoisotopic (exact) mass is 350 g/mol. The largest absolute Gasteiger partial charge is 0.506 e. The van der Waals surface area contributed by atoms with E-state index in [1.165, 1.54) is 12.1 Å². The Kier molecular flexibility index (Phi) is 4.23. The standard InChI is InChI=1S/C14H11BrN2O4/c1-8-2-3-9(6-11(8)15)14(19)16-12-5-4-10(17(20)21)7-13(12)18/h2-7,18H,1H3,(H,16,19). The molecule has 1 amide bonds. The number of aryl methyl sites for hydroxylation is 1. The molecule has 0 aromatic heterocycles. The Balaban J connectivity index is 2.23. The van der Waals surface area contributed by atoms with Gasteiger partial charge in [0, 0.05) is 16.1 Å². The number of hydrogen-bond acceptors (Lipinski definition) is 4. The fraction of sp³-hybridized carbons (Fsp3) is 0.0714. The van der Waals surface area contributed by atoms with Crippen molar-refractivity contribution in [2.75, 3.05) is 5.32 Å². The predicted molar refractivity (Wildman–Crippen MR) is 81.6 cm³/mol. The van der Waals surface area contributed by atoms with Crippen LogP contribution < -0.4 is 5.32 Å². The van der Waals surface area contributed by atoms with Gasteiger partial charge in [-0.05, 0) is 30.7 Å². The minimum Gasteiger partial charge on any atom is -0.506 e. The van der Waals surface area contributed by atoms with Gasteiger partial charge < -0.3 is 10.4 Å². The van der Waals surface area contributed by atoms with Crippen molar-refractivity contribution in [2.45, 2.75) is 6.92 Å². The Bertz CT molecular complexity index is 731. The Morgan fingerprint density at radius 3 is 2.57 bits per heavy atom. The lowest BCUT2D eigenvalue weighted by molar-refractivity contribution is -0.384. The van der Waals surface area contributed by atoms with Gasteiger partial charge in [-0.15, -0.1) is 0 Å². The van der Waals surface area contributed by atoms with Crippen LogP contribution in [0.15, 0.2) is 40.9 Å². The van der Waals surface area contributed by atoms with E-state index in [-0.39, 0.29) is 17.1 Å². The third-order valence-corrected chi connectivity index (χ3v) is 3.73. The average molecular weight is 351 g/mol. The van der Waals surface area contributed by atoms with E-state index >= 15 is 0 Å². The number of phenolic OH excluding ortho intramolecular Hbond substituents is 1. The first-order valence-electron chi connectivity index (χ1n) is 5.93. The molecule has 2 aromatic carbocycles. The van der Waals surface area contributed by atoms with E-state index in [2.05, 4.69) is 21.2 Å². The number of benzene rings is 2. The smallest absolute Gasteiger partial charge is 0.273 e. The van der Waals surface area contributed by atoms with Gasteiger partial charge in [0.25, 0.3) is 11.6 Å². The van der Waals surface area contributed by atoms with Gasteiger partial charge in [0.05, 0.1) is 16.7 Å². The fourth-order valence-electron chi connectivity index (χ4n) is 1.67. The number of amides is 1. The summed E-state index contributed by atoms with van der Waals surface area (Å²) in [6, 6.07) is 8.58. The molecular formula is C14H11BrN2O4. The molecule has 0 aliphatic heterocycles. The molecule has 21 heavy (non-hydrogen) atoms. The molecule has 2 rings (SSSR count). The van der Waals surface area contributed by atoms with Gasteiger partial charge in [-0.2, -0.15) is 0 Å². The maximum Gasteiger partial charge on any atom is 0.273 e. The number of carbonyl (C=O) groups is 1. The molecule has 0 saturated heterocycles. The molecule has 0 atom stereocenters. The SMILES string of the molecule is Cc1ccc(C(=O)Nc2ccc([N+](=O)[O-])cc2O)cc1Br. The maximum atomic E-state index is 12.1. The van der Waals surface area contributed by atoms with Crippen molar-refractivity contribution in [3.8, 4) is 5.75 Å². The van der Waals surface area contributed by atoms with Crippen LogP contribution >= 0.6 is 15.9 Å². The zero-order valence-corrected chi connectivity index (χ0v) is 12.5. The van der Waals surface area contributed by atoms with Crippen molar-refractivity contribution >= 4 is 33.2 Å². The summed E-state index contributed by atoms with van der Waals surface area (Å²) in [6.45, 7) is 1.90. The van der Waals surface area contributed by atoms with Crippen LogP contribution in [0.2, 0.25) is 0 Å². The molecule has 0 aliphatic carbocycles. The molecule has 108 valence electrons. The van der Waals surface area contributed by atoms with Crippen LogP contribution in [-0.4, -0.2) is 15.9 Å². The number of nitro benzene ring substituents is 1. The van der Waals surface area contributed by atoms with Crippen LogP contribution in [0, 0.1) is 17.0 Å². The summed E-state index contributed by atoms with van der Waals surface area (Å²) in [6.07, 6.45) is 0. The van der Waals surface area contributed by atoms with Crippen LogP contribution in [-0.2, 0) is 0 Å². The van der Waals surface area contributed by atoms with Gasteiger partial charge in [0.1, 0.15) is 5.75 Å². The first kappa shape index (κ1) is 15.0. The highest BCUT2D eigenvalue weighted by Gasteiger charge is 2.13. The quantitative estimate of drug-likeness (QED) is 0.502. The normalized spacial score (nSPS) is 10.2. The van der Waals surface area contributed by atoms with Crippen LogP contribution in [0.4, 0.5) is 11.4 Å². The van der Waals surface area contributed by atoms with Gasteiger partial charge in [-0.25, -0.2) is 0 Å². The number of nitrogens with zero attached hydrogens (tertiary/aromatic N) is 1. The Morgan fingerprint density at radius 1 is 1.29 bits per heavy atom. The van der Waals surface area contributed by atoms with Gasteiger partial charge in [-0.3, -0.25) is 14.9 Å². The van der Waals surface area contributed by atoms with Crippen LogP contribution in [0.3, 0.4) is 0 Å². The second-order valence-electron chi connectivity index (χ2n) is 4.38. The molecule has 0 fully saturated rings. The van der Waals surface area contributed by atoms with Crippen LogP contribution in [0.5, 0.6) is 5.75 Å². The van der Waals surface area contributed by atoms with E-state index in [0.717, 1.165) is 16.1 Å². The number of rotatable bonds is 3. The number of phenols is 1. The molecule has 0 heterocycles. The van der Waals surface area contributed by atoms with Crippen molar-refractivity contribution in [2.24, 2.45) is 0 Å². The number of non-ortho nitro benzene ring substituents is 1. The Labute approximate surface area is 128 Å². The molecule has 6 nitrogen and oxygen atoms in total. The predicted octanol–water partition coefficient (Wildman–Crippen LogP) is 3.62. The highest BCUT2D eigenvalue weighted by atomic mass is 79.9. The highest BCUT2D eigenvalue weighted by molar-refractivity contribution is 9.10. The van der Waals surface area contributed by atoms with Crippen molar-refractivity contribution in [3.63, 3.8) is 0 Å². The summed E-state index contributed by atoms with van der Waals surface area (Å²) in [5.74, 6) is -0.774. The summed E-state index contributed by atoms with van der Waals surface area (Å²) in [5.41, 5.74) is 1.26. The van der Waals surface area contributed by atoms with Crippen molar-refractivity contribution in [1.82, 2.24) is 0 Å². The van der Waals surface area contributed by atoms with Gasteiger partial charge in [0.2, 0.25) is 0 Å². The average Bonchev–Trinajstić information content (AvgIpc) is 2.43. The van der Waals surface area contributed by atoms with Gasteiger partial charge in [0.15, 0.2) is 0 Å². The molecular weight excluding hydrogens is 340 g/mol. The summed E-state index contributed by atoms with van der Waals surface area (Å²) in [5, 5.41) is 22.8. The fourth-order valence-corrected chi connectivity index (χ4v) is 2.05. The first-order chi connectivity index (χ1) is 9.88. The summed E-state index contributed by atoms with van der Waals surface area (Å²) >= 11 is 3.34. The van der Waals surface area contributed by atoms with E-state index in [0.29, 0.717) is 5.56 Å². The van der Waals surface area contributed by atoms with E-state index in [1.807, 2.05) is 6.92 Å². The highest BCUT2D eigenvalue weighted by Crippen LogP contribution is 2.28. The molecule has 0 unspecified atom stereocenters. The molecule has 0 bridgehead atoms. The minimum absolute atomic E-state index is 0.113. The third kappa shape index (κ3) is 3.38. The van der Waals surface area contributed by atoms with Crippen LogP contribution in [0.1, 0.15) is 15.9 Å². The van der Waals surface area contributed by atoms with Crippen LogP contribution in [0.25, 0.3) is 0 Å². The number of hydrogen-bond donors (Lipinski definition) is 2. The Morgan fingerprint density at radius 2 is 2.00 bits per heavy atom. The number of nitro groups is 1. The van der Waals surface area contributed by atoms with Crippen molar-refractivity contribution in [1.29, 1.82) is 0 Å². The van der Waals surface area contributed by atoms with Crippen molar-refractivity contribution in [3.05, 3.63) is 62.1 Å². The minimum atomic E-state index is -0.623. The van der Waals surface area contributed by atoms with E-state index in [1.54, 1.807) is 18.2 Å². The topological polar surface area (TPSA) is 92.5 Å². The zero-order chi connectivity index (χ0) is 15.6. The number of halogens is 1. The number of carbonyl (C=O) groups excluding carboxylic acids is 1. The number of aromatic hydroxyl groups is 1. The van der Waals surface area contributed by atoms with E-state index in [9.17, 15) is 20.0 Å². The van der Waals surface area contributed by atoms with E-state index in [4.69, 9.17) is 0 Å². The number of anilines is 1. The van der Waals surface area contributed by atoms with Gasteiger partial charge in [-0.1, -0.05) is 22.0 Å². The summed E-state index contributed by atoms with van der Waals surface area (Å²) in [7, 11) is 0.